The first-order chi connectivity index (χ1) is 54.7. The van der Waals surface area contributed by atoms with E-state index >= 15 is 0 Å². The zero-order valence-electron chi connectivity index (χ0n) is 69.0. The number of phosphoric acid groups is 2. The predicted molar refractivity (Wildman–Crippen MR) is 463 cm³/mol. The monoisotopic (exact) mass is 1600 g/mol. The highest BCUT2D eigenvalue weighted by Gasteiger charge is 2.30. The molecular formula is C93H146O17P2. The summed E-state index contributed by atoms with van der Waals surface area (Å²) in [7, 11) is -10.1. The van der Waals surface area contributed by atoms with E-state index < -0.39 is 97.5 Å². The van der Waals surface area contributed by atoms with Crippen LogP contribution in [0.2, 0.25) is 0 Å². The van der Waals surface area contributed by atoms with Crippen LogP contribution in [0.5, 0.6) is 0 Å². The second-order valence-electron chi connectivity index (χ2n) is 26.9. The van der Waals surface area contributed by atoms with Crippen molar-refractivity contribution in [2.75, 3.05) is 39.6 Å². The lowest BCUT2D eigenvalue weighted by Crippen LogP contribution is -2.30. The van der Waals surface area contributed by atoms with Crippen LogP contribution in [-0.2, 0) is 65.4 Å². The molecule has 0 fully saturated rings. The summed E-state index contributed by atoms with van der Waals surface area (Å²) in [5, 5.41) is 10.7. The van der Waals surface area contributed by atoms with Crippen molar-refractivity contribution in [1.82, 2.24) is 0 Å². The normalized spacial score (nSPS) is 14.9. The van der Waals surface area contributed by atoms with Gasteiger partial charge in [-0.3, -0.25) is 37.3 Å². The zero-order valence-corrected chi connectivity index (χ0v) is 70.8. The lowest BCUT2D eigenvalue weighted by Gasteiger charge is -2.21. The van der Waals surface area contributed by atoms with Gasteiger partial charge in [0.05, 0.1) is 26.4 Å². The lowest BCUT2D eigenvalue weighted by atomic mass is 10.0. The van der Waals surface area contributed by atoms with Gasteiger partial charge in [-0.15, -0.1) is 0 Å². The molecule has 0 bridgehead atoms. The van der Waals surface area contributed by atoms with Gasteiger partial charge in [0.1, 0.15) is 19.3 Å². The molecule has 19 heteroatoms. The van der Waals surface area contributed by atoms with Gasteiger partial charge in [-0.2, -0.15) is 0 Å². The first-order valence-corrected chi connectivity index (χ1v) is 45.0. The number of allylic oxidation sites excluding steroid dienone is 36. The van der Waals surface area contributed by atoms with Crippen molar-refractivity contribution in [2.24, 2.45) is 0 Å². The Morgan fingerprint density at radius 1 is 0.259 bits per heavy atom. The van der Waals surface area contributed by atoms with Gasteiger partial charge >= 0.3 is 39.5 Å². The molecule has 0 saturated carbocycles. The molecule has 0 amide bonds. The number of hydrogen-bond acceptors (Lipinski definition) is 15. The number of carbonyl (C=O) groups excluding carboxylic acids is 4. The minimum absolute atomic E-state index is 0.00958. The van der Waals surface area contributed by atoms with Gasteiger partial charge in [0.25, 0.3) is 0 Å². The van der Waals surface area contributed by atoms with Crippen LogP contribution < -0.4 is 0 Å². The quantitative estimate of drug-likeness (QED) is 0.0169. The Kier molecular flexibility index (Phi) is 77.5. The molecule has 0 heterocycles. The molecular weight excluding hydrogens is 1450 g/mol. The zero-order chi connectivity index (χ0) is 81.7. The van der Waals surface area contributed by atoms with Crippen LogP contribution in [0.1, 0.15) is 285 Å². The van der Waals surface area contributed by atoms with E-state index in [9.17, 15) is 43.2 Å². The summed E-state index contributed by atoms with van der Waals surface area (Å²) in [4.78, 5) is 73.1. The van der Waals surface area contributed by atoms with Crippen LogP contribution in [-0.4, -0.2) is 96.7 Å². The predicted octanol–water partition coefficient (Wildman–Crippen LogP) is 25.2. The van der Waals surface area contributed by atoms with E-state index in [0.717, 1.165) is 122 Å². The van der Waals surface area contributed by atoms with Gasteiger partial charge in [0.2, 0.25) is 0 Å². The summed E-state index contributed by atoms with van der Waals surface area (Å²) in [6.45, 7) is 4.26. The van der Waals surface area contributed by atoms with E-state index in [2.05, 4.69) is 192 Å². The van der Waals surface area contributed by atoms with Crippen molar-refractivity contribution in [1.29, 1.82) is 0 Å². The van der Waals surface area contributed by atoms with E-state index in [1.54, 1.807) is 0 Å². The summed E-state index contributed by atoms with van der Waals surface area (Å²) < 4.78 is 68.5. The molecule has 0 aromatic carbocycles. The molecule has 0 aromatic rings. The third kappa shape index (κ3) is 81.4. The van der Waals surface area contributed by atoms with Gasteiger partial charge in [0, 0.05) is 25.7 Å². The minimum atomic E-state index is -5.03. The number of aliphatic hydroxyl groups excluding tert-OH is 1. The number of hydrogen-bond donors (Lipinski definition) is 3. The first kappa shape index (κ1) is 105. The van der Waals surface area contributed by atoms with Crippen molar-refractivity contribution in [3.05, 3.63) is 219 Å². The number of unbranched alkanes of at least 4 members (excludes halogenated alkanes) is 14. The van der Waals surface area contributed by atoms with Crippen LogP contribution in [0, 0.1) is 0 Å². The number of rotatable bonds is 76. The summed E-state index contributed by atoms with van der Waals surface area (Å²) in [6.07, 6.45) is 105. The molecule has 0 aliphatic heterocycles. The van der Waals surface area contributed by atoms with Gasteiger partial charge in [-0.1, -0.05) is 336 Å². The molecule has 17 nitrogen and oxygen atoms in total. The van der Waals surface area contributed by atoms with Crippen LogP contribution in [0.15, 0.2) is 219 Å². The van der Waals surface area contributed by atoms with Crippen molar-refractivity contribution >= 4 is 39.5 Å². The number of phosphoric ester groups is 2. The van der Waals surface area contributed by atoms with Crippen molar-refractivity contribution in [3.63, 3.8) is 0 Å². The molecule has 630 valence electrons. The van der Waals surface area contributed by atoms with E-state index in [-0.39, 0.29) is 25.7 Å². The van der Waals surface area contributed by atoms with Gasteiger partial charge < -0.3 is 33.8 Å². The molecule has 0 rings (SSSR count). The molecule has 5 unspecified atom stereocenters. The molecule has 0 radical (unpaired) electrons. The van der Waals surface area contributed by atoms with Crippen LogP contribution >= 0.6 is 15.6 Å². The van der Waals surface area contributed by atoms with Crippen molar-refractivity contribution < 1.29 is 80.2 Å². The molecule has 112 heavy (non-hydrogen) atoms. The largest absolute Gasteiger partial charge is 0.472 e. The fourth-order valence-corrected chi connectivity index (χ4v) is 11.8. The maximum atomic E-state index is 13.1. The van der Waals surface area contributed by atoms with E-state index in [0.29, 0.717) is 44.9 Å². The van der Waals surface area contributed by atoms with E-state index in [4.69, 9.17) is 37.0 Å². The highest BCUT2D eigenvalue weighted by Crippen LogP contribution is 2.45. The average Bonchev–Trinajstić information content (AvgIpc) is 0.898. The van der Waals surface area contributed by atoms with Crippen molar-refractivity contribution in [2.45, 2.75) is 303 Å². The highest BCUT2D eigenvalue weighted by molar-refractivity contribution is 7.47. The van der Waals surface area contributed by atoms with Crippen LogP contribution in [0.3, 0.4) is 0 Å². The Morgan fingerprint density at radius 3 is 0.714 bits per heavy atom. The third-order valence-corrected chi connectivity index (χ3v) is 18.4. The molecule has 0 aliphatic rings. The Bertz CT molecular complexity index is 2990. The van der Waals surface area contributed by atoms with E-state index in [1.165, 1.54) is 64.2 Å². The average molecular weight is 1600 g/mol. The smallest absolute Gasteiger partial charge is 0.462 e. The molecule has 5 atom stereocenters. The second-order valence-corrected chi connectivity index (χ2v) is 29.8. The summed E-state index contributed by atoms with van der Waals surface area (Å²) >= 11 is 0. The van der Waals surface area contributed by atoms with Crippen LogP contribution in [0.25, 0.3) is 0 Å². The van der Waals surface area contributed by atoms with Crippen LogP contribution in [0.4, 0.5) is 0 Å². The van der Waals surface area contributed by atoms with Gasteiger partial charge in [0.15, 0.2) is 12.2 Å². The maximum absolute atomic E-state index is 13.1. The lowest BCUT2D eigenvalue weighted by molar-refractivity contribution is -0.161. The summed E-state index contributed by atoms with van der Waals surface area (Å²) in [5.41, 5.74) is 0. The van der Waals surface area contributed by atoms with E-state index in [1.807, 2.05) is 54.7 Å². The molecule has 0 aliphatic carbocycles. The molecule has 0 saturated heterocycles. The molecule has 0 aromatic heterocycles. The summed E-state index contributed by atoms with van der Waals surface area (Å²) in [5.74, 6) is -2.49. The van der Waals surface area contributed by atoms with Gasteiger partial charge in [-0.25, -0.2) is 9.13 Å². The van der Waals surface area contributed by atoms with Gasteiger partial charge in [-0.05, 0) is 141 Å². The Morgan fingerprint density at radius 2 is 0.464 bits per heavy atom. The Hall–Kier alpha value is -6.62. The second kappa shape index (κ2) is 82.4. The Balaban J connectivity index is 5.60. The third-order valence-electron chi connectivity index (χ3n) is 16.5. The maximum Gasteiger partial charge on any atom is 0.472 e. The number of esters is 4. The van der Waals surface area contributed by atoms with Crippen molar-refractivity contribution in [3.8, 4) is 0 Å². The molecule has 0 spiro atoms. The minimum Gasteiger partial charge on any atom is -0.462 e. The standard InChI is InChI=1S/C93H146O17P2/c1-5-9-13-17-21-25-29-33-37-40-43-46-50-53-57-61-65-69-73-77-90(95)103-83-88(109-92(97)79-75-71-67-63-59-55-49-36-32-28-24-20-16-12-8-4)85-107-111(99,100)105-81-87(94)82-106-112(101,102)108-86-89(110-93(98)80-76-72-68-64-60-56-52-48-45-42-39-35-31-27-23-19-15-11-7-3)84-104-91(96)78-74-70-66-62-58-54-51-47-44-41-38-34-30-26-22-18-14-10-6-2/h9-11,13-15,21-23,25-27,33-35,37-39,43-48,53-54,56-58,60,65-66,68-70,72,87-89,94H,5-8,12,16-20,24,28-32,36,40-42,49-52,55,59,61-64,67,71,73-86H2,1-4H3,(H,99,100)(H,101,102)/b13-9-,14-10-,15-11-,25-21-,26-22-,27-23-,37-33-,38-34-,39-35-,46-43-,47-44-,48-45-,57-53-,58-54-,60-56-,69-65-,70-66-,72-68-. The summed E-state index contributed by atoms with van der Waals surface area (Å²) in [6, 6.07) is 0. The number of ether oxygens (including phenoxy) is 4. The Labute approximate surface area is 677 Å². The fourth-order valence-electron chi connectivity index (χ4n) is 10.2. The molecule has 3 N–H and O–H groups in total. The SMILES string of the molecule is CC/C=C\C/C=C\C/C=C\C/C=C\C/C=C\C/C=C\CCC(=O)OCC(COP(=O)(O)OCC(O)COP(=O)(O)OCC(COC(=O)CC/C=C\C/C=C\C/C=C\C/C=C\C/C=C\C/C=C\CC)OC(=O)CCCCCCCCCCCCCCCCC)OC(=O)CC/C=C\C/C=C\C/C=C\C/C=C\C/C=C\C/C=C\CC. The number of aliphatic hydroxyl groups is 1. The number of carbonyl (C=O) groups is 4. The highest BCUT2D eigenvalue weighted by atomic mass is 31.2. The fraction of sp³-hybridized carbons (Fsp3) is 0.570. The topological polar surface area (TPSA) is 237 Å². The first-order valence-electron chi connectivity index (χ1n) is 42.0.